The number of aryl methyl sites for hydroxylation is 2. The number of hydrogen-bond donors (Lipinski definition) is 1. The lowest BCUT2D eigenvalue weighted by molar-refractivity contribution is -0.121. The van der Waals surface area contributed by atoms with E-state index in [-0.39, 0.29) is 5.91 Å². The Balaban J connectivity index is 2.09. The number of nitrogens with zero attached hydrogens (tertiary/aromatic N) is 1. The van der Waals surface area contributed by atoms with Crippen molar-refractivity contribution in [1.29, 1.82) is 0 Å². The summed E-state index contributed by atoms with van der Waals surface area (Å²) in [6, 6.07) is 6.58. The summed E-state index contributed by atoms with van der Waals surface area (Å²) in [5.74, 6) is 0.185. The molecule has 1 fully saturated rings. The Labute approximate surface area is 103 Å². The van der Waals surface area contributed by atoms with Crippen LogP contribution in [0.5, 0.6) is 0 Å². The molecule has 17 heavy (non-hydrogen) atoms. The zero-order valence-electron chi connectivity index (χ0n) is 10.6. The number of benzene rings is 1. The molecule has 1 aliphatic heterocycles. The highest BCUT2D eigenvalue weighted by Gasteiger charge is 2.12. The van der Waals surface area contributed by atoms with Crippen LogP contribution >= 0.6 is 0 Å². The topological polar surface area (TPSA) is 32.3 Å². The summed E-state index contributed by atoms with van der Waals surface area (Å²) in [5, 5.41) is 2.93. The molecule has 0 spiro atoms. The van der Waals surface area contributed by atoms with Crippen LogP contribution in [0.4, 0.5) is 5.69 Å². The quantitative estimate of drug-likeness (QED) is 0.803. The molecule has 1 amide bonds. The predicted octanol–water partition coefficient (Wildman–Crippen LogP) is 2.02. The fourth-order valence-electron chi connectivity index (χ4n) is 2.14. The first kappa shape index (κ1) is 12.0. The van der Waals surface area contributed by atoms with Crippen molar-refractivity contribution in [2.24, 2.45) is 0 Å². The number of anilines is 1. The molecule has 1 saturated heterocycles. The van der Waals surface area contributed by atoms with E-state index < -0.39 is 0 Å². The Morgan fingerprint density at radius 3 is 2.76 bits per heavy atom. The van der Waals surface area contributed by atoms with Gasteiger partial charge in [0.2, 0.25) is 5.91 Å². The van der Waals surface area contributed by atoms with E-state index in [0.29, 0.717) is 6.42 Å². The Bertz CT molecular complexity index is 403. The zero-order chi connectivity index (χ0) is 12.3. The molecule has 1 aromatic carbocycles. The van der Waals surface area contributed by atoms with Gasteiger partial charge in [0.1, 0.15) is 0 Å². The fourth-order valence-corrected chi connectivity index (χ4v) is 2.14. The Morgan fingerprint density at radius 1 is 1.18 bits per heavy atom. The largest absolute Gasteiger partial charge is 0.370 e. The SMILES string of the molecule is Cc1ccc(N2CCCC(=O)NCC2)cc1C. The van der Waals surface area contributed by atoms with Gasteiger partial charge in [0, 0.05) is 31.7 Å². The Hall–Kier alpha value is -1.51. The lowest BCUT2D eigenvalue weighted by Gasteiger charge is -2.27. The monoisotopic (exact) mass is 232 g/mol. The second-order valence-corrected chi connectivity index (χ2v) is 4.71. The average Bonchev–Trinajstić information content (AvgIpc) is 2.27. The Morgan fingerprint density at radius 2 is 2.00 bits per heavy atom. The lowest BCUT2D eigenvalue weighted by atomic mass is 10.1. The van der Waals surface area contributed by atoms with Crippen LogP contribution in [0.3, 0.4) is 0 Å². The first-order valence-electron chi connectivity index (χ1n) is 6.26. The van der Waals surface area contributed by atoms with E-state index >= 15 is 0 Å². The van der Waals surface area contributed by atoms with Crippen molar-refractivity contribution in [3.63, 3.8) is 0 Å². The lowest BCUT2D eigenvalue weighted by Crippen LogP contribution is -2.38. The predicted molar refractivity (Wildman–Crippen MR) is 70.4 cm³/mol. The summed E-state index contributed by atoms with van der Waals surface area (Å²) in [4.78, 5) is 13.6. The third-order valence-electron chi connectivity index (χ3n) is 3.39. The minimum Gasteiger partial charge on any atom is -0.370 e. The van der Waals surface area contributed by atoms with Crippen LogP contribution < -0.4 is 10.2 Å². The van der Waals surface area contributed by atoms with Gasteiger partial charge in [0.25, 0.3) is 0 Å². The van der Waals surface area contributed by atoms with Gasteiger partial charge in [-0.1, -0.05) is 6.07 Å². The van der Waals surface area contributed by atoms with Crippen molar-refractivity contribution in [1.82, 2.24) is 5.32 Å². The molecule has 3 heteroatoms. The smallest absolute Gasteiger partial charge is 0.220 e. The van der Waals surface area contributed by atoms with Crippen molar-refractivity contribution in [3.8, 4) is 0 Å². The third-order valence-corrected chi connectivity index (χ3v) is 3.39. The zero-order valence-corrected chi connectivity index (χ0v) is 10.6. The summed E-state index contributed by atoms with van der Waals surface area (Å²) in [6.07, 6.45) is 1.57. The highest BCUT2D eigenvalue weighted by Crippen LogP contribution is 2.19. The second-order valence-electron chi connectivity index (χ2n) is 4.71. The number of amides is 1. The molecule has 92 valence electrons. The van der Waals surface area contributed by atoms with Crippen LogP contribution in [0, 0.1) is 13.8 Å². The number of carbonyl (C=O) groups excluding carboxylic acids is 1. The van der Waals surface area contributed by atoms with Crippen LogP contribution in [0.15, 0.2) is 18.2 Å². The van der Waals surface area contributed by atoms with Gasteiger partial charge in [-0.3, -0.25) is 4.79 Å². The van der Waals surface area contributed by atoms with E-state index in [1.54, 1.807) is 0 Å². The van der Waals surface area contributed by atoms with E-state index in [9.17, 15) is 4.79 Å². The maximum atomic E-state index is 11.2. The standard InChI is InChI=1S/C14H20N2O/c1-11-5-6-13(10-12(11)2)16-8-3-4-14(17)15-7-9-16/h5-6,10H,3-4,7-9H2,1-2H3,(H,15,17). The summed E-state index contributed by atoms with van der Waals surface area (Å²) in [6.45, 7) is 6.88. The van der Waals surface area contributed by atoms with Gasteiger partial charge < -0.3 is 10.2 Å². The molecular formula is C14H20N2O. The molecule has 3 nitrogen and oxygen atoms in total. The highest BCUT2D eigenvalue weighted by atomic mass is 16.1. The van der Waals surface area contributed by atoms with Crippen LogP contribution in [0.25, 0.3) is 0 Å². The molecule has 1 N–H and O–H groups in total. The van der Waals surface area contributed by atoms with Gasteiger partial charge in [-0.15, -0.1) is 0 Å². The van der Waals surface area contributed by atoms with E-state index in [1.165, 1.54) is 16.8 Å². The minimum absolute atomic E-state index is 0.185. The van der Waals surface area contributed by atoms with Crippen molar-refractivity contribution in [2.45, 2.75) is 26.7 Å². The maximum absolute atomic E-state index is 11.2. The molecule has 0 atom stereocenters. The van der Waals surface area contributed by atoms with Gasteiger partial charge in [0.05, 0.1) is 0 Å². The second kappa shape index (κ2) is 5.21. The first-order chi connectivity index (χ1) is 8.16. The number of hydrogen-bond acceptors (Lipinski definition) is 2. The van der Waals surface area contributed by atoms with Crippen LogP contribution in [-0.2, 0) is 4.79 Å². The molecule has 0 bridgehead atoms. The van der Waals surface area contributed by atoms with Crippen LogP contribution in [0.1, 0.15) is 24.0 Å². The van der Waals surface area contributed by atoms with E-state index in [1.807, 2.05) is 0 Å². The molecule has 0 radical (unpaired) electrons. The summed E-state index contributed by atoms with van der Waals surface area (Å²) >= 11 is 0. The first-order valence-corrected chi connectivity index (χ1v) is 6.26. The molecular weight excluding hydrogens is 212 g/mol. The van der Waals surface area contributed by atoms with E-state index in [0.717, 1.165) is 26.1 Å². The van der Waals surface area contributed by atoms with E-state index in [2.05, 4.69) is 42.3 Å². The van der Waals surface area contributed by atoms with Crippen molar-refractivity contribution >= 4 is 11.6 Å². The summed E-state index contributed by atoms with van der Waals surface area (Å²) < 4.78 is 0. The van der Waals surface area contributed by atoms with Crippen LogP contribution in [0.2, 0.25) is 0 Å². The molecule has 0 saturated carbocycles. The van der Waals surface area contributed by atoms with Gasteiger partial charge in [-0.05, 0) is 43.5 Å². The van der Waals surface area contributed by atoms with Gasteiger partial charge >= 0.3 is 0 Å². The maximum Gasteiger partial charge on any atom is 0.220 e. The minimum atomic E-state index is 0.185. The van der Waals surface area contributed by atoms with Crippen molar-refractivity contribution in [2.75, 3.05) is 24.5 Å². The molecule has 1 heterocycles. The van der Waals surface area contributed by atoms with Crippen molar-refractivity contribution in [3.05, 3.63) is 29.3 Å². The highest BCUT2D eigenvalue weighted by molar-refractivity contribution is 5.76. The molecule has 0 aromatic heterocycles. The van der Waals surface area contributed by atoms with Crippen molar-refractivity contribution < 1.29 is 4.79 Å². The fraction of sp³-hybridized carbons (Fsp3) is 0.500. The summed E-state index contributed by atoms with van der Waals surface area (Å²) in [7, 11) is 0. The molecule has 2 rings (SSSR count). The number of nitrogens with one attached hydrogen (secondary N) is 1. The molecule has 1 aliphatic rings. The summed E-state index contributed by atoms with van der Waals surface area (Å²) in [5.41, 5.74) is 3.92. The average molecular weight is 232 g/mol. The molecule has 1 aromatic rings. The number of carbonyl (C=O) groups is 1. The number of rotatable bonds is 1. The normalized spacial score (nSPS) is 17.3. The van der Waals surface area contributed by atoms with Crippen LogP contribution in [-0.4, -0.2) is 25.5 Å². The van der Waals surface area contributed by atoms with Gasteiger partial charge in [-0.25, -0.2) is 0 Å². The Kier molecular flexibility index (Phi) is 3.67. The molecule has 0 aliphatic carbocycles. The van der Waals surface area contributed by atoms with Gasteiger partial charge in [0.15, 0.2) is 0 Å². The van der Waals surface area contributed by atoms with E-state index in [4.69, 9.17) is 0 Å². The molecule has 0 unspecified atom stereocenters. The van der Waals surface area contributed by atoms with Gasteiger partial charge in [-0.2, -0.15) is 0 Å². The third kappa shape index (κ3) is 2.99.